The van der Waals surface area contributed by atoms with Crippen LogP contribution < -0.4 is 5.73 Å². The molecule has 3 heteroatoms. The summed E-state index contributed by atoms with van der Waals surface area (Å²) < 4.78 is 1.10. The zero-order chi connectivity index (χ0) is 8.27. The fraction of sp³-hybridized carbons (Fsp3) is 0.333. The Balaban J connectivity index is 0.00000121. The zero-order valence-corrected chi connectivity index (χ0v) is 9.36. The van der Waals surface area contributed by atoms with Crippen molar-refractivity contribution in [3.63, 3.8) is 0 Å². The molecule has 0 radical (unpaired) electrons. The molecule has 12 heavy (non-hydrogen) atoms. The summed E-state index contributed by atoms with van der Waals surface area (Å²) in [5, 5.41) is 0. The molecule has 1 nitrogen and oxygen atoms in total. The zero-order valence-electron chi connectivity index (χ0n) is 6.96. The molecule has 0 saturated carbocycles. The van der Waals surface area contributed by atoms with Crippen molar-refractivity contribution in [3.05, 3.63) is 34.3 Å². The van der Waals surface area contributed by atoms with Gasteiger partial charge in [-0.15, -0.1) is 12.4 Å². The van der Waals surface area contributed by atoms with E-state index in [-0.39, 0.29) is 18.4 Å². The van der Waals surface area contributed by atoms with Gasteiger partial charge in [-0.05, 0) is 24.1 Å². The number of halogens is 2. The van der Waals surface area contributed by atoms with Crippen LogP contribution in [0.3, 0.4) is 0 Å². The van der Waals surface area contributed by atoms with Crippen molar-refractivity contribution in [3.8, 4) is 0 Å². The van der Waals surface area contributed by atoms with E-state index in [9.17, 15) is 0 Å². The van der Waals surface area contributed by atoms with Crippen LogP contribution in [0.2, 0.25) is 0 Å². The van der Waals surface area contributed by atoms with Crippen LogP contribution in [0.1, 0.15) is 24.9 Å². The fourth-order valence-electron chi connectivity index (χ4n) is 0.946. The summed E-state index contributed by atoms with van der Waals surface area (Å²) in [4.78, 5) is 0. The van der Waals surface area contributed by atoms with Gasteiger partial charge in [-0.2, -0.15) is 0 Å². The average molecular weight is 251 g/mol. The number of hydrogen-bond acceptors (Lipinski definition) is 1. The standard InChI is InChI=1S/C9H12BrN.ClH/c1-2-9(11)7-3-5-8(10)6-4-7;/h3-6,9H,2,11H2,1H3;1H/t9-;/m1./s1. The van der Waals surface area contributed by atoms with Gasteiger partial charge < -0.3 is 5.73 Å². The van der Waals surface area contributed by atoms with Gasteiger partial charge in [0.2, 0.25) is 0 Å². The van der Waals surface area contributed by atoms with Gasteiger partial charge in [0.05, 0.1) is 0 Å². The van der Waals surface area contributed by atoms with Crippen LogP contribution in [0.25, 0.3) is 0 Å². The Morgan fingerprint density at radius 2 is 1.83 bits per heavy atom. The van der Waals surface area contributed by atoms with E-state index in [4.69, 9.17) is 5.73 Å². The lowest BCUT2D eigenvalue weighted by Gasteiger charge is -2.07. The monoisotopic (exact) mass is 249 g/mol. The first-order valence-electron chi connectivity index (χ1n) is 3.75. The smallest absolute Gasteiger partial charge is 0.0292 e. The first kappa shape index (κ1) is 11.9. The number of hydrogen-bond donors (Lipinski definition) is 1. The predicted octanol–water partition coefficient (Wildman–Crippen LogP) is 3.28. The molecule has 1 aromatic rings. The molecule has 0 aromatic heterocycles. The van der Waals surface area contributed by atoms with E-state index < -0.39 is 0 Å². The van der Waals surface area contributed by atoms with E-state index in [0.29, 0.717) is 0 Å². The third-order valence-electron chi connectivity index (χ3n) is 1.74. The van der Waals surface area contributed by atoms with E-state index >= 15 is 0 Å². The van der Waals surface area contributed by atoms with Gasteiger partial charge >= 0.3 is 0 Å². The molecule has 0 saturated heterocycles. The third kappa shape index (κ3) is 3.13. The van der Waals surface area contributed by atoms with Gasteiger partial charge in [0.15, 0.2) is 0 Å². The Morgan fingerprint density at radius 3 is 2.25 bits per heavy atom. The molecule has 0 aliphatic carbocycles. The summed E-state index contributed by atoms with van der Waals surface area (Å²) >= 11 is 3.38. The summed E-state index contributed by atoms with van der Waals surface area (Å²) in [6.45, 7) is 2.09. The van der Waals surface area contributed by atoms with Gasteiger partial charge in [-0.25, -0.2) is 0 Å². The Labute approximate surface area is 87.9 Å². The highest BCUT2D eigenvalue weighted by atomic mass is 79.9. The van der Waals surface area contributed by atoms with Gasteiger partial charge in [-0.1, -0.05) is 35.0 Å². The SMILES string of the molecule is CC[C@@H](N)c1ccc(Br)cc1.Cl. The largest absolute Gasteiger partial charge is 0.324 e. The molecule has 0 heterocycles. The lowest BCUT2D eigenvalue weighted by atomic mass is 10.1. The molecule has 0 amide bonds. The maximum atomic E-state index is 5.83. The minimum atomic E-state index is 0. The fourth-order valence-corrected chi connectivity index (χ4v) is 1.21. The first-order chi connectivity index (χ1) is 5.24. The van der Waals surface area contributed by atoms with Gasteiger partial charge in [0, 0.05) is 10.5 Å². The molecule has 68 valence electrons. The molecule has 0 fully saturated rings. The highest BCUT2D eigenvalue weighted by molar-refractivity contribution is 9.10. The predicted molar refractivity (Wildman–Crippen MR) is 58.6 cm³/mol. The van der Waals surface area contributed by atoms with Gasteiger partial charge in [0.25, 0.3) is 0 Å². The number of rotatable bonds is 2. The van der Waals surface area contributed by atoms with Crippen molar-refractivity contribution < 1.29 is 0 Å². The molecular formula is C9H13BrClN. The third-order valence-corrected chi connectivity index (χ3v) is 2.27. The van der Waals surface area contributed by atoms with Crippen LogP contribution in [-0.4, -0.2) is 0 Å². The summed E-state index contributed by atoms with van der Waals surface area (Å²) in [5.41, 5.74) is 7.03. The summed E-state index contributed by atoms with van der Waals surface area (Å²) in [6, 6.07) is 8.33. The van der Waals surface area contributed by atoms with E-state index in [1.807, 2.05) is 12.1 Å². The van der Waals surface area contributed by atoms with Crippen molar-refractivity contribution in [1.82, 2.24) is 0 Å². The summed E-state index contributed by atoms with van der Waals surface area (Å²) in [7, 11) is 0. The van der Waals surface area contributed by atoms with Crippen LogP contribution in [0.4, 0.5) is 0 Å². The molecule has 1 atom stereocenters. The minimum absolute atomic E-state index is 0. The molecular weight excluding hydrogens is 237 g/mol. The summed E-state index contributed by atoms with van der Waals surface area (Å²) in [5.74, 6) is 0. The van der Waals surface area contributed by atoms with Crippen molar-refractivity contribution in [2.75, 3.05) is 0 Å². The Morgan fingerprint density at radius 1 is 1.33 bits per heavy atom. The Kier molecular flexibility index (Phi) is 5.55. The van der Waals surface area contributed by atoms with Crippen molar-refractivity contribution in [2.45, 2.75) is 19.4 Å². The second-order valence-corrected chi connectivity index (χ2v) is 3.48. The van der Waals surface area contributed by atoms with E-state index in [0.717, 1.165) is 10.9 Å². The average Bonchev–Trinajstić information content (AvgIpc) is 2.05. The molecule has 1 aromatic carbocycles. The normalized spacial score (nSPS) is 11.9. The molecule has 0 unspecified atom stereocenters. The van der Waals surface area contributed by atoms with Crippen LogP contribution >= 0.6 is 28.3 Å². The molecule has 2 N–H and O–H groups in total. The van der Waals surface area contributed by atoms with Gasteiger partial charge in [0.1, 0.15) is 0 Å². The van der Waals surface area contributed by atoms with E-state index in [2.05, 4.69) is 35.0 Å². The second kappa shape index (κ2) is 5.57. The van der Waals surface area contributed by atoms with Crippen LogP contribution in [0.5, 0.6) is 0 Å². The van der Waals surface area contributed by atoms with Crippen LogP contribution in [-0.2, 0) is 0 Å². The molecule has 1 rings (SSSR count). The van der Waals surface area contributed by atoms with Gasteiger partial charge in [-0.3, -0.25) is 0 Å². The second-order valence-electron chi connectivity index (χ2n) is 2.57. The highest BCUT2D eigenvalue weighted by Crippen LogP contribution is 2.16. The Bertz CT molecular complexity index is 222. The molecule has 0 bridgehead atoms. The number of nitrogens with two attached hydrogens (primary N) is 1. The Hall–Kier alpha value is -0.0500. The van der Waals surface area contributed by atoms with Crippen molar-refractivity contribution in [2.24, 2.45) is 5.73 Å². The van der Waals surface area contributed by atoms with Crippen LogP contribution in [0.15, 0.2) is 28.7 Å². The topological polar surface area (TPSA) is 26.0 Å². The van der Waals surface area contributed by atoms with Crippen LogP contribution in [0, 0.1) is 0 Å². The minimum Gasteiger partial charge on any atom is -0.324 e. The lowest BCUT2D eigenvalue weighted by molar-refractivity contribution is 0.698. The maximum absolute atomic E-state index is 5.83. The van der Waals surface area contributed by atoms with Crippen molar-refractivity contribution >= 4 is 28.3 Å². The molecule has 0 aliphatic rings. The highest BCUT2D eigenvalue weighted by Gasteiger charge is 2.00. The quantitative estimate of drug-likeness (QED) is 0.856. The lowest BCUT2D eigenvalue weighted by Crippen LogP contribution is -2.07. The van der Waals surface area contributed by atoms with E-state index in [1.165, 1.54) is 5.56 Å². The maximum Gasteiger partial charge on any atom is 0.0292 e. The molecule has 0 aliphatic heterocycles. The van der Waals surface area contributed by atoms with E-state index in [1.54, 1.807) is 0 Å². The molecule has 0 spiro atoms. The first-order valence-corrected chi connectivity index (χ1v) is 4.54. The van der Waals surface area contributed by atoms with Crippen molar-refractivity contribution in [1.29, 1.82) is 0 Å². The summed E-state index contributed by atoms with van der Waals surface area (Å²) in [6.07, 6.45) is 0.988. The number of benzene rings is 1.